The van der Waals surface area contributed by atoms with Crippen LogP contribution in [0.1, 0.15) is 22.8 Å². The molecule has 3 rings (SSSR count). The Kier molecular flexibility index (Phi) is 4.46. The molecule has 1 aromatic carbocycles. The summed E-state index contributed by atoms with van der Waals surface area (Å²) in [4.78, 5) is 5.73. The fraction of sp³-hybridized carbons (Fsp3) is 0.312. The quantitative estimate of drug-likeness (QED) is 0.655. The molecule has 1 saturated carbocycles. The molecule has 0 aliphatic heterocycles. The van der Waals surface area contributed by atoms with Crippen molar-refractivity contribution in [3.63, 3.8) is 0 Å². The molecule has 0 spiro atoms. The average molecular weight is 320 g/mol. The van der Waals surface area contributed by atoms with E-state index in [1.54, 1.807) is 11.3 Å². The minimum Gasteiger partial charge on any atom is -0.370 e. The van der Waals surface area contributed by atoms with Crippen LogP contribution in [-0.4, -0.2) is 18.5 Å². The maximum atomic E-state index is 6.02. The number of thiophene rings is 1. The Morgan fingerprint density at radius 2 is 2.29 bits per heavy atom. The lowest BCUT2D eigenvalue weighted by Gasteiger charge is -2.05. The van der Waals surface area contributed by atoms with E-state index in [9.17, 15) is 0 Å². The lowest BCUT2D eigenvalue weighted by Crippen LogP contribution is -2.34. The number of hydrogen-bond donors (Lipinski definition) is 2. The van der Waals surface area contributed by atoms with Crippen molar-refractivity contribution in [1.82, 2.24) is 5.32 Å². The first-order valence-electron chi connectivity index (χ1n) is 7.06. The van der Waals surface area contributed by atoms with Crippen LogP contribution < -0.4 is 11.1 Å². The molecule has 1 aromatic heterocycles. The van der Waals surface area contributed by atoms with Crippen molar-refractivity contribution in [1.29, 1.82) is 0 Å². The van der Waals surface area contributed by atoms with Crippen LogP contribution in [0.25, 0.3) is 0 Å². The Morgan fingerprint density at radius 1 is 1.38 bits per heavy atom. The maximum absolute atomic E-state index is 6.02. The van der Waals surface area contributed by atoms with Crippen molar-refractivity contribution >= 4 is 28.9 Å². The summed E-state index contributed by atoms with van der Waals surface area (Å²) in [5, 5.41) is 6.16. The minimum atomic E-state index is 0.383. The van der Waals surface area contributed by atoms with E-state index < -0.39 is 0 Å². The molecule has 1 fully saturated rings. The molecule has 0 amide bonds. The van der Waals surface area contributed by atoms with Crippen molar-refractivity contribution in [3.8, 4) is 0 Å². The van der Waals surface area contributed by atoms with Crippen molar-refractivity contribution in [2.75, 3.05) is 6.54 Å². The summed E-state index contributed by atoms with van der Waals surface area (Å²) in [5.41, 5.74) is 7.21. The van der Waals surface area contributed by atoms with Crippen molar-refractivity contribution < 1.29 is 0 Å². The molecule has 3 nitrogen and oxygen atoms in total. The van der Waals surface area contributed by atoms with Crippen molar-refractivity contribution in [2.24, 2.45) is 10.7 Å². The van der Waals surface area contributed by atoms with Gasteiger partial charge < -0.3 is 11.1 Å². The van der Waals surface area contributed by atoms with Gasteiger partial charge in [-0.05, 0) is 35.6 Å². The van der Waals surface area contributed by atoms with Gasteiger partial charge >= 0.3 is 0 Å². The van der Waals surface area contributed by atoms with E-state index in [-0.39, 0.29) is 0 Å². The van der Waals surface area contributed by atoms with Gasteiger partial charge in [-0.2, -0.15) is 0 Å². The lowest BCUT2D eigenvalue weighted by molar-refractivity contribution is 0.844. The number of halogens is 1. The van der Waals surface area contributed by atoms with E-state index in [1.807, 2.05) is 18.2 Å². The molecule has 2 atom stereocenters. The van der Waals surface area contributed by atoms with E-state index in [0.717, 1.165) is 24.4 Å². The predicted molar refractivity (Wildman–Crippen MR) is 90.2 cm³/mol. The van der Waals surface area contributed by atoms with Gasteiger partial charge in [0.25, 0.3) is 0 Å². The summed E-state index contributed by atoms with van der Waals surface area (Å²) < 4.78 is 0. The molecule has 0 bridgehead atoms. The molecule has 5 heteroatoms. The van der Waals surface area contributed by atoms with E-state index in [2.05, 4.69) is 33.9 Å². The number of rotatable bonds is 5. The number of aliphatic imine (C=N–C) groups is 1. The predicted octanol–water partition coefficient (Wildman–Crippen LogP) is 3.40. The molecule has 2 aromatic rings. The van der Waals surface area contributed by atoms with Gasteiger partial charge in [0.15, 0.2) is 5.96 Å². The summed E-state index contributed by atoms with van der Waals surface area (Å²) in [7, 11) is 0. The third kappa shape index (κ3) is 3.99. The zero-order chi connectivity index (χ0) is 14.7. The number of benzene rings is 1. The van der Waals surface area contributed by atoms with Crippen LogP contribution in [0.15, 0.2) is 46.8 Å². The molecular formula is C16H18ClN3S. The van der Waals surface area contributed by atoms with E-state index >= 15 is 0 Å². The molecule has 0 radical (unpaired) electrons. The molecule has 1 aliphatic carbocycles. The standard InChI is InChI=1S/C16H18ClN3S/c17-12-4-1-3-11(9-12)14-10-15(14)20-16(18)19-7-6-13-5-2-8-21-13/h1-5,8-9,14-15H,6-7,10H2,(H3,18,19,20). The first-order valence-corrected chi connectivity index (χ1v) is 8.32. The Balaban J connectivity index is 1.47. The van der Waals surface area contributed by atoms with Crippen LogP contribution in [0, 0.1) is 0 Å². The van der Waals surface area contributed by atoms with Crippen LogP contribution in [0.4, 0.5) is 0 Å². The monoisotopic (exact) mass is 319 g/mol. The number of nitrogens with two attached hydrogens (primary N) is 1. The third-order valence-electron chi connectivity index (χ3n) is 3.62. The normalized spacial score (nSPS) is 21.3. The number of guanidine groups is 1. The first kappa shape index (κ1) is 14.4. The number of nitrogens with zero attached hydrogens (tertiary/aromatic N) is 1. The smallest absolute Gasteiger partial charge is 0.188 e. The van der Waals surface area contributed by atoms with Crippen LogP contribution >= 0.6 is 22.9 Å². The highest BCUT2D eigenvalue weighted by Crippen LogP contribution is 2.41. The second-order valence-electron chi connectivity index (χ2n) is 5.24. The van der Waals surface area contributed by atoms with Crippen LogP contribution in [-0.2, 0) is 6.42 Å². The van der Waals surface area contributed by atoms with Crippen LogP contribution in [0.3, 0.4) is 0 Å². The number of nitrogens with one attached hydrogen (secondary N) is 1. The van der Waals surface area contributed by atoms with Gasteiger partial charge in [0, 0.05) is 34.8 Å². The zero-order valence-electron chi connectivity index (χ0n) is 11.6. The molecular weight excluding hydrogens is 302 g/mol. The molecule has 21 heavy (non-hydrogen) atoms. The van der Waals surface area contributed by atoms with Gasteiger partial charge in [-0.3, -0.25) is 4.99 Å². The highest BCUT2D eigenvalue weighted by atomic mass is 35.5. The van der Waals surface area contributed by atoms with Crippen molar-refractivity contribution in [3.05, 3.63) is 57.2 Å². The van der Waals surface area contributed by atoms with Gasteiger partial charge in [-0.1, -0.05) is 29.8 Å². The van der Waals surface area contributed by atoms with E-state index in [0.29, 0.717) is 17.9 Å². The summed E-state index contributed by atoms with van der Waals surface area (Å²) >= 11 is 7.78. The number of hydrogen-bond acceptors (Lipinski definition) is 2. The molecule has 1 aliphatic rings. The fourth-order valence-electron chi connectivity index (χ4n) is 2.44. The minimum absolute atomic E-state index is 0.383. The summed E-state index contributed by atoms with van der Waals surface area (Å²) in [6.07, 6.45) is 2.03. The SMILES string of the molecule is NC(=NCCc1cccs1)NC1CC1c1cccc(Cl)c1. The Hall–Kier alpha value is -1.52. The molecule has 110 valence electrons. The average Bonchev–Trinajstić information content (AvgIpc) is 3.02. The lowest BCUT2D eigenvalue weighted by atomic mass is 10.1. The van der Waals surface area contributed by atoms with Gasteiger partial charge in [-0.25, -0.2) is 0 Å². The largest absolute Gasteiger partial charge is 0.370 e. The topological polar surface area (TPSA) is 50.4 Å². The first-order chi connectivity index (χ1) is 10.2. The molecule has 0 saturated heterocycles. The van der Waals surface area contributed by atoms with Gasteiger partial charge in [0.05, 0.1) is 0 Å². The fourth-order valence-corrected chi connectivity index (χ4v) is 3.33. The molecule has 3 N–H and O–H groups in total. The highest BCUT2D eigenvalue weighted by molar-refractivity contribution is 7.09. The molecule has 1 heterocycles. The Labute approximate surface area is 133 Å². The third-order valence-corrected chi connectivity index (χ3v) is 4.79. The molecule has 2 unspecified atom stereocenters. The van der Waals surface area contributed by atoms with E-state index in [1.165, 1.54) is 10.4 Å². The van der Waals surface area contributed by atoms with Crippen molar-refractivity contribution in [2.45, 2.75) is 24.8 Å². The second-order valence-corrected chi connectivity index (χ2v) is 6.71. The van der Waals surface area contributed by atoms with Gasteiger partial charge in [-0.15, -0.1) is 11.3 Å². The summed E-state index contributed by atoms with van der Waals surface area (Å²) in [6.45, 7) is 0.730. The highest BCUT2D eigenvalue weighted by Gasteiger charge is 2.38. The van der Waals surface area contributed by atoms with Crippen LogP contribution in [0.5, 0.6) is 0 Å². The van der Waals surface area contributed by atoms with E-state index in [4.69, 9.17) is 17.3 Å². The van der Waals surface area contributed by atoms with Gasteiger partial charge in [0.2, 0.25) is 0 Å². The zero-order valence-corrected chi connectivity index (χ0v) is 13.2. The van der Waals surface area contributed by atoms with Crippen LogP contribution in [0.2, 0.25) is 5.02 Å². The Morgan fingerprint density at radius 3 is 3.05 bits per heavy atom. The summed E-state index contributed by atoms with van der Waals surface area (Å²) in [5.74, 6) is 1.04. The second kappa shape index (κ2) is 6.50. The van der Waals surface area contributed by atoms with Gasteiger partial charge in [0.1, 0.15) is 0 Å². The Bertz CT molecular complexity index is 624. The summed E-state index contributed by atoms with van der Waals surface area (Å²) in [6, 6.07) is 12.6. The maximum Gasteiger partial charge on any atom is 0.188 e.